The Morgan fingerprint density at radius 1 is 1.33 bits per heavy atom. The molecule has 1 aromatic heterocycles. The Bertz CT molecular complexity index is 468. The van der Waals surface area contributed by atoms with E-state index in [0.29, 0.717) is 39.3 Å². The predicted molar refractivity (Wildman–Crippen MR) is 75.9 cm³/mol. The average molecular weight is 295 g/mol. The molecule has 0 spiro atoms. The Hall–Kier alpha value is -2.09. The van der Waals surface area contributed by atoms with Crippen molar-refractivity contribution in [3.8, 4) is 0 Å². The highest BCUT2D eigenvalue weighted by molar-refractivity contribution is 5.74. The molecule has 1 unspecified atom stereocenters. The number of hydrogen-bond acceptors (Lipinski definition) is 4. The molecule has 8 heteroatoms. The zero-order valence-electron chi connectivity index (χ0n) is 12.1. The summed E-state index contributed by atoms with van der Waals surface area (Å²) in [6.45, 7) is 5.08. The first-order valence-electron chi connectivity index (χ1n) is 7.05. The molecular formula is C13H21N5O3. The minimum Gasteiger partial charge on any atom is -0.480 e. The number of hydrogen-bond donors (Lipinski definition) is 2. The SMILES string of the molecule is CC(C(=O)O)N1CCN(C(=O)NCCn2cccn2)CC1. The van der Waals surface area contributed by atoms with E-state index in [9.17, 15) is 9.59 Å². The van der Waals surface area contributed by atoms with Gasteiger partial charge in [-0.05, 0) is 13.0 Å². The lowest BCUT2D eigenvalue weighted by molar-refractivity contribution is -0.143. The summed E-state index contributed by atoms with van der Waals surface area (Å²) in [7, 11) is 0. The van der Waals surface area contributed by atoms with Gasteiger partial charge in [0.2, 0.25) is 0 Å². The molecule has 1 aliphatic heterocycles. The monoisotopic (exact) mass is 295 g/mol. The second-order valence-corrected chi connectivity index (χ2v) is 5.04. The molecule has 2 N–H and O–H groups in total. The van der Waals surface area contributed by atoms with E-state index >= 15 is 0 Å². The first-order chi connectivity index (χ1) is 10.1. The molecule has 1 saturated heterocycles. The molecule has 116 valence electrons. The van der Waals surface area contributed by atoms with E-state index in [0.717, 1.165) is 0 Å². The molecule has 8 nitrogen and oxygen atoms in total. The third-order valence-electron chi connectivity index (χ3n) is 3.68. The topological polar surface area (TPSA) is 90.7 Å². The van der Waals surface area contributed by atoms with Crippen LogP contribution >= 0.6 is 0 Å². The molecule has 1 fully saturated rings. The van der Waals surface area contributed by atoms with Crippen molar-refractivity contribution in [2.45, 2.75) is 19.5 Å². The lowest BCUT2D eigenvalue weighted by atomic mass is 10.2. The minimum absolute atomic E-state index is 0.107. The summed E-state index contributed by atoms with van der Waals surface area (Å²) in [5.74, 6) is -0.827. The van der Waals surface area contributed by atoms with E-state index in [4.69, 9.17) is 5.11 Å². The van der Waals surface area contributed by atoms with Crippen molar-refractivity contribution < 1.29 is 14.7 Å². The van der Waals surface area contributed by atoms with Gasteiger partial charge in [-0.3, -0.25) is 14.4 Å². The lowest BCUT2D eigenvalue weighted by Gasteiger charge is -2.36. The summed E-state index contributed by atoms with van der Waals surface area (Å²) in [6.07, 6.45) is 3.54. The maximum absolute atomic E-state index is 12.0. The Balaban J connectivity index is 1.69. The van der Waals surface area contributed by atoms with Gasteiger partial charge in [-0.2, -0.15) is 5.10 Å². The van der Waals surface area contributed by atoms with Gasteiger partial charge in [-0.1, -0.05) is 0 Å². The van der Waals surface area contributed by atoms with Crippen LogP contribution in [0.25, 0.3) is 0 Å². The molecule has 21 heavy (non-hydrogen) atoms. The molecule has 0 saturated carbocycles. The molecule has 0 aliphatic carbocycles. The molecule has 0 aromatic carbocycles. The van der Waals surface area contributed by atoms with E-state index < -0.39 is 12.0 Å². The van der Waals surface area contributed by atoms with Crippen molar-refractivity contribution in [3.63, 3.8) is 0 Å². The summed E-state index contributed by atoms with van der Waals surface area (Å²) in [5.41, 5.74) is 0. The number of piperazine rings is 1. The first kappa shape index (κ1) is 15.3. The van der Waals surface area contributed by atoms with Crippen LogP contribution in [0.15, 0.2) is 18.5 Å². The van der Waals surface area contributed by atoms with Gasteiger partial charge in [0.15, 0.2) is 0 Å². The summed E-state index contributed by atoms with van der Waals surface area (Å²) < 4.78 is 1.76. The molecule has 1 aromatic rings. The highest BCUT2D eigenvalue weighted by Gasteiger charge is 2.26. The quantitative estimate of drug-likeness (QED) is 0.777. The largest absolute Gasteiger partial charge is 0.480 e. The number of nitrogens with one attached hydrogen (secondary N) is 1. The zero-order valence-corrected chi connectivity index (χ0v) is 12.1. The number of carboxylic acid groups (broad SMARTS) is 1. The Morgan fingerprint density at radius 3 is 2.62 bits per heavy atom. The van der Waals surface area contributed by atoms with Gasteiger partial charge in [0.1, 0.15) is 6.04 Å². The number of rotatable bonds is 5. The second kappa shape index (κ2) is 7.07. The van der Waals surface area contributed by atoms with E-state index in [-0.39, 0.29) is 6.03 Å². The highest BCUT2D eigenvalue weighted by atomic mass is 16.4. The number of carbonyl (C=O) groups is 2. The van der Waals surface area contributed by atoms with Crippen LogP contribution in [0.2, 0.25) is 0 Å². The average Bonchev–Trinajstić information content (AvgIpc) is 2.99. The van der Waals surface area contributed by atoms with Crippen LogP contribution in [0, 0.1) is 0 Å². The molecule has 1 aliphatic rings. The van der Waals surface area contributed by atoms with Crippen LogP contribution in [0.5, 0.6) is 0 Å². The van der Waals surface area contributed by atoms with E-state index in [1.54, 1.807) is 22.7 Å². The number of amides is 2. The van der Waals surface area contributed by atoms with Crippen molar-refractivity contribution in [3.05, 3.63) is 18.5 Å². The zero-order chi connectivity index (χ0) is 15.2. The van der Waals surface area contributed by atoms with Crippen molar-refractivity contribution in [2.75, 3.05) is 32.7 Å². The number of nitrogens with zero attached hydrogens (tertiary/aromatic N) is 4. The molecule has 2 amide bonds. The standard InChI is InChI=1S/C13H21N5O3/c1-11(12(19)20)16-7-9-17(10-8-16)13(21)14-4-6-18-5-2-3-15-18/h2-3,5,11H,4,6-10H2,1H3,(H,14,21)(H,19,20). The molecule has 0 radical (unpaired) electrons. The van der Waals surface area contributed by atoms with Crippen LogP contribution in [-0.4, -0.2) is 75.5 Å². The Morgan fingerprint density at radius 2 is 2.05 bits per heavy atom. The third kappa shape index (κ3) is 4.19. The van der Waals surface area contributed by atoms with Gasteiger partial charge in [0.25, 0.3) is 0 Å². The van der Waals surface area contributed by atoms with Crippen LogP contribution < -0.4 is 5.32 Å². The maximum atomic E-state index is 12.0. The normalized spacial score (nSPS) is 17.5. The third-order valence-corrected chi connectivity index (χ3v) is 3.68. The number of urea groups is 1. The van der Waals surface area contributed by atoms with Crippen molar-refractivity contribution in [1.82, 2.24) is 24.9 Å². The fourth-order valence-corrected chi connectivity index (χ4v) is 2.29. The first-order valence-corrected chi connectivity index (χ1v) is 7.05. The lowest BCUT2D eigenvalue weighted by Crippen LogP contribution is -2.55. The van der Waals surface area contributed by atoms with Crippen LogP contribution in [-0.2, 0) is 11.3 Å². The second-order valence-electron chi connectivity index (χ2n) is 5.04. The minimum atomic E-state index is -0.827. The summed E-state index contributed by atoms with van der Waals surface area (Å²) >= 11 is 0. The number of aliphatic carboxylic acids is 1. The van der Waals surface area contributed by atoms with Gasteiger partial charge in [0, 0.05) is 45.1 Å². The van der Waals surface area contributed by atoms with Gasteiger partial charge in [-0.15, -0.1) is 0 Å². The van der Waals surface area contributed by atoms with E-state index in [2.05, 4.69) is 10.4 Å². The van der Waals surface area contributed by atoms with Crippen LogP contribution in [0.3, 0.4) is 0 Å². The van der Waals surface area contributed by atoms with Crippen molar-refractivity contribution >= 4 is 12.0 Å². The predicted octanol–water partition coefficient (Wildman–Crippen LogP) is -0.317. The van der Waals surface area contributed by atoms with Crippen LogP contribution in [0.1, 0.15) is 6.92 Å². The van der Waals surface area contributed by atoms with Crippen molar-refractivity contribution in [2.24, 2.45) is 0 Å². The summed E-state index contributed by atoms with van der Waals surface area (Å²) in [6, 6.07) is 1.23. The molecular weight excluding hydrogens is 274 g/mol. The van der Waals surface area contributed by atoms with Crippen molar-refractivity contribution in [1.29, 1.82) is 0 Å². The molecule has 0 bridgehead atoms. The van der Waals surface area contributed by atoms with Gasteiger partial charge in [0.05, 0.1) is 6.54 Å². The smallest absolute Gasteiger partial charge is 0.320 e. The number of carbonyl (C=O) groups excluding carboxylic acids is 1. The molecule has 2 heterocycles. The fraction of sp³-hybridized carbons (Fsp3) is 0.615. The van der Waals surface area contributed by atoms with Gasteiger partial charge >= 0.3 is 12.0 Å². The molecule has 2 rings (SSSR count). The highest BCUT2D eigenvalue weighted by Crippen LogP contribution is 2.06. The number of aromatic nitrogens is 2. The van der Waals surface area contributed by atoms with Crippen LogP contribution in [0.4, 0.5) is 4.79 Å². The summed E-state index contributed by atoms with van der Waals surface area (Å²) in [5, 5.41) is 15.9. The summed E-state index contributed by atoms with van der Waals surface area (Å²) in [4.78, 5) is 26.5. The van der Waals surface area contributed by atoms with E-state index in [1.165, 1.54) is 0 Å². The fourth-order valence-electron chi connectivity index (χ4n) is 2.29. The molecule has 1 atom stereocenters. The number of carboxylic acids is 1. The van der Waals surface area contributed by atoms with E-state index in [1.807, 2.05) is 17.2 Å². The Kier molecular flexibility index (Phi) is 5.15. The maximum Gasteiger partial charge on any atom is 0.320 e. The van der Waals surface area contributed by atoms with Gasteiger partial charge < -0.3 is 15.3 Å². The van der Waals surface area contributed by atoms with Gasteiger partial charge in [-0.25, -0.2) is 4.79 Å². The Labute approximate surface area is 123 Å².